The van der Waals surface area contributed by atoms with Crippen LogP contribution in [-0.4, -0.2) is 22.6 Å². The maximum absolute atomic E-state index is 2.55. The van der Waals surface area contributed by atoms with Crippen molar-refractivity contribution >= 4 is 48.0 Å². The predicted molar refractivity (Wildman–Crippen MR) is 176 cm³/mol. The van der Waals surface area contributed by atoms with Gasteiger partial charge in [-0.15, -0.1) is 80.7 Å². The molecule has 0 aliphatic heterocycles. The van der Waals surface area contributed by atoms with Gasteiger partial charge in [-0.25, -0.2) is 0 Å². The summed E-state index contributed by atoms with van der Waals surface area (Å²) < 4.78 is 0. The largest absolute Gasteiger partial charge is 4.00 e. The van der Waals surface area contributed by atoms with Crippen LogP contribution >= 0.6 is 15.8 Å². The normalized spacial score (nSPS) is 16.4. The molecule has 0 amide bonds. The molecular formula is C36H48Cl2P2Ti. The van der Waals surface area contributed by atoms with Crippen molar-refractivity contribution in [3.63, 3.8) is 0 Å². The molecule has 2 aliphatic carbocycles. The predicted octanol–water partition coefficient (Wildman–Crippen LogP) is 4.82. The van der Waals surface area contributed by atoms with Gasteiger partial charge in [0.15, 0.2) is 0 Å². The van der Waals surface area contributed by atoms with Crippen molar-refractivity contribution in [3.05, 3.63) is 72.8 Å². The number of halogens is 2. The van der Waals surface area contributed by atoms with Crippen LogP contribution in [-0.2, 0) is 21.7 Å². The van der Waals surface area contributed by atoms with E-state index in [1.807, 2.05) is 0 Å². The molecular weight excluding hydrogens is 613 g/mol. The SMILES string of the molecule is CC(C)P(c1cc2ccccc2[cH-]1)C(C)C.[Cl-].[Cl-].[Ti+4].c1ccc2[cH-]c(P(C3CCCCC3)C3CCCCC3)cc2c1. The molecule has 0 aromatic heterocycles. The molecule has 5 heteroatoms. The average Bonchev–Trinajstić information content (AvgIpc) is 3.54. The Kier molecular flexibility index (Phi) is 16.2. The van der Waals surface area contributed by atoms with E-state index >= 15 is 0 Å². The smallest absolute Gasteiger partial charge is 1.00 e. The molecule has 2 fully saturated rings. The quantitative estimate of drug-likeness (QED) is 0.158. The Hall–Kier alpha value is -0.186. The number of hydrogen-bond donors (Lipinski definition) is 0. The van der Waals surface area contributed by atoms with E-state index in [1.54, 1.807) is 10.6 Å². The minimum absolute atomic E-state index is 0. The second-order valence-electron chi connectivity index (χ2n) is 12.3. The van der Waals surface area contributed by atoms with Crippen LogP contribution < -0.4 is 35.4 Å². The van der Waals surface area contributed by atoms with Gasteiger partial charge >= 0.3 is 21.7 Å². The van der Waals surface area contributed by atoms with Gasteiger partial charge in [0, 0.05) is 0 Å². The molecule has 0 saturated heterocycles. The third-order valence-electron chi connectivity index (χ3n) is 8.85. The molecule has 4 aromatic carbocycles. The maximum atomic E-state index is 2.55. The molecule has 2 saturated carbocycles. The van der Waals surface area contributed by atoms with Gasteiger partial charge in [-0.3, -0.25) is 0 Å². The van der Waals surface area contributed by atoms with Crippen LogP contribution in [0.2, 0.25) is 0 Å². The van der Waals surface area contributed by atoms with Gasteiger partial charge in [0.05, 0.1) is 0 Å². The molecule has 0 spiro atoms. The van der Waals surface area contributed by atoms with E-state index in [0.717, 1.165) is 22.6 Å². The average molecular weight is 662 g/mol. The van der Waals surface area contributed by atoms with Crippen molar-refractivity contribution in [2.45, 2.75) is 115 Å². The van der Waals surface area contributed by atoms with E-state index in [1.165, 1.54) is 85.8 Å². The molecule has 0 unspecified atom stereocenters. The third kappa shape index (κ3) is 9.40. The monoisotopic (exact) mass is 660 g/mol. The van der Waals surface area contributed by atoms with E-state index in [9.17, 15) is 0 Å². The first-order chi connectivity index (χ1) is 18.5. The number of hydrogen-bond acceptors (Lipinski definition) is 0. The molecule has 0 radical (unpaired) electrons. The minimum Gasteiger partial charge on any atom is -1.00 e. The molecule has 0 nitrogen and oxygen atoms in total. The first kappa shape index (κ1) is 37.0. The van der Waals surface area contributed by atoms with Crippen molar-refractivity contribution in [2.75, 3.05) is 0 Å². The zero-order valence-corrected chi connectivity index (χ0v) is 30.3. The standard InChI is InChI=1S/C21H28P.C15H20P.2ClH.Ti/c1-3-11-19(12-4-1)22(20-13-5-2-6-14-20)21-15-17-9-7-8-10-18(17)16-21;1-11(2)16(12(3)4)15-9-13-7-5-6-8-14(13)10-15;;;/h7-10,15-16,19-20H,1-6,11-14H2;5-12H,1-4H3;2*1H;/q2*-1;;;+4/p-2. The van der Waals surface area contributed by atoms with Crippen LogP contribution in [0.4, 0.5) is 0 Å². The Labute approximate surface area is 280 Å². The van der Waals surface area contributed by atoms with Crippen molar-refractivity contribution in [1.29, 1.82) is 0 Å². The summed E-state index contributed by atoms with van der Waals surface area (Å²) in [6.45, 7) is 9.40. The molecule has 41 heavy (non-hydrogen) atoms. The van der Waals surface area contributed by atoms with Gasteiger partial charge in [0.2, 0.25) is 0 Å². The van der Waals surface area contributed by atoms with E-state index < -0.39 is 0 Å². The molecule has 0 N–H and O–H groups in total. The van der Waals surface area contributed by atoms with Crippen LogP contribution in [0.15, 0.2) is 72.8 Å². The number of fused-ring (bicyclic) bond motifs is 2. The fraction of sp³-hybridized carbons (Fsp3) is 0.500. The third-order valence-corrected chi connectivity index (χ3v) is 15.4. The van der Waals surface area contributed by atoms with Crippen LogP contribution in [0, 0.1) is 0 Å². The van der Waals surface area contributed by atoms with E-state index in [-0.39, 0.29) is 62.4 Å². The van der Waals surface area contributed by atoms with Gasteiger partial charge in [-0.05, 0) is 48.3 Å². The molecule has 0 atom stereocenters. The molecule has 0 heterocycles. The maximum Gasteiger partial charge on any atom is 4.00 e. The fourth-order valence-corrected chi connectivity index (χ4v) is 14.0. The van der Waals surface area contributed by atoms with Crippen LogP contribution in [0.25, 0.3) is 21.5 Å². The van der Waals surface area contributed by atoms with Gasteiger partial charge in [0.25, 0.3) is 0 Å². The summed E-state index contributed by atoms with van der Waals surface area (Å²) in [6.07, 6.45) is 14.9. The van der Waals surface area contributed by atoms with Crippen LogP contribution in [0.3, 0.4) is 0 Å². The Morgan fingerprint density at radius 2 is 0.976 bits per heavy atom. The number of rotatable bonds is 6. The van der Waals surface area contributed by atoms with E-state index in [4.69, 9.17) is 0 Å². The first-order valence-electron chi connectivity index (χ1n) is 15.4. The molecule has 4 aromatic rings. The Morgan fingerprint density at radius 1 is 0.585 bits per heavy atom. The second kappa shape index (κ2) is 17.9. The van der Waals surface area contributed by atoms with Gasteiger partial charge in [-0.1, -0.05) is 94.2 Å². The number of benzene rings is 2. The summed E-state index contributed by atoms with van der Waals surface area (Å²) in [7, 11) is 0.0405. The van der Waals surface area contributed by atoms with Gasteiger partial charge < -0.3 is 24.8 Å². The van der Waals surface area contributed by atoms with Crippen molar-refractivity contribution < 1.29 is 46.5 Å². The topological polar surface area (TPSA) is 0 Å². The summed E-state index contributed by atoms with van der Waals surface area (Å²) in [4.78, 5) is 0. The first-order valence-corrected chi connectivity index (χ1v) is 18.3. The summed E-state index contributed by atoms with van der Waals surface area (Å²) >= 11 is 0. The van der Waals surface area contributed by atoms with Crippen molar-refractivity contribution in [1.82, 2.24) is 0 Å². The molecule has 220 valence electrons. The Balaban J connectivity index is 0.000000279. The van der Waals surface area contributed by atoms with E-state index in [0.29, 0.717) is 0 Å². The molecule has 0 bridgehead atoms. The summed E-state index contributed by atoms with van der Waals surface area (Å²) in [5.74, 6) is 0. The van der Waals surface area contributed by atoms with Crippen molar-refractivity contribution in [3.8, 4) is 0 Å². The summed E-state index contributed by atoms with van der Waals surface area (Å²) in [6, 6.07) is 27.5. The fourth-order valence-electron chi connectivity index (χ4n) is 7.20. The minimum atomic E-state index is -0.0206. The van der Waals surface area contributed by atoms with Crippen molar-refractivity contribution in [2.24, 2.45) is 0 Å². The summed E-state index contributed by atoms with van der Waals surface area (Å²) in [5, 5.41) is 9.03. The van der Waals surface area contributed by atoms with Crippen LogP contribution in [0.5, 0.6) is 0 Å². The van der Waals surface area contributed by atoms with E-state index in [2.05, 4.69) is 100 Å². The zero-order chi connectivity index (χ0) is 26.5. The van der Waals surface area contributed by atoms with Gasteiger partial charge in [-0.2, -0.15) is 12.1 Å². The molecule has 6 rings (SSSR count). The van der Waals surface area contributed by atoms with Crippen LogP contribution in [0.1, 0.15) is 91.9 Å². The second-order valence-corrected chi connectivity index (χ2v) is 18.5. The Bertz CT molecular complexity index is 1190. The zero-order valence-electron chi connectivity index (χ0n) is 25.5. The summed E-state index contributed by atoms with van der Waals surface area (Å²) in [5.41, 5.74) is 3.57. The molecule has 2 aliphatic rings. The van der Waals surface area contributed by atoms with Gasteiger partial charge in [0.1, 0.15) is 0 Å². The Morgan fingerprint density at radius 3 is 1.39 bits per heavy atom.